The van der Waals surface area contributed by atoms with Crippen molar-refractivity contribution in [2.24, 2.45) is 0 Å². The van der Waals surface area contributed by atoms with E-state index in [-0.39, 0.29) is 5.56 Å². The summed E-state index contributed by atoms with van der Waals surface area (Å²) in [5.41, 5.74) is 2.78. The number of nitrogens with zero attached hydrogens (tertiary/aromatic N) is 1. The van der Waals surface area contributed by atoms with Crippen molar-refractivity contribution in [3.05, 3.63) is 51.9 Å². The van der Waals surface area contributed by atoms with Gasteiger partial charge in [-0.05, 0) is 48.7 Å². The summed E-state index contributed by atoms with van der Waals surface area (Å²) >= 11 is 7.37. The number of thiophene rings is 1. The number of carbonyl (C=O) groups is 1. The van der Waals surface area contributed by atoms with Crippen LogP contribution >= 0.6 is 22.9 Å². The number of carboxylic acids is 1. The maximum atomic E-state index is 11.7. The number of halogens is 1. The van der Waals surface area contributed by atoms with Crippen molar-refractivity contribution in [1.29, 1.82) is 0 Å². The van der Waals surface area contributed by atoms with Gasteiger partial charge in [0.2, 0.25) is 0 Å². The van der Waals surface area contributed by atoms with Crippen LogP contribution in [-0.2, 0) is 6.42 Å². The number of aryl methyl sites for hydroxylation is 1. The smallest absolute Gasteiger partial charge is 0.336 e. The van der Waals surface area contributed by atoms with Crippen LogP contribution in [0, 0.1) is 0 Å². The monoisotopic (exact) mass is 345 g/mol. The third kappa shape index (κ3) is 3.38. The van der Waals surface area contributed by atoms with Gasteiger partial charge in [-0.2, -0.15) is 0 Å². The molecule has 5 heteroatoms. The van der Waals surface area contributed by atoms with Crippen molar-refractivity contribution in [3.8, 4) is 10.6 Å². The SMILES string of the molecule is CCCCc1ccc2nc(-c3ccc(Cl)s3)cc(C(=O)O)c2c1. The van der Waals surface area contributed by atoms with Gasteiger partial charge in [0.1, 0.15) is 0 Å². The van der Waals surface area contributed by atoms with Crippen LogP contribution in [0.1, 0.15) is 35.7 Å². The molecular formula is C18H16ClNO2S. The number of pyridine rings is 1. The molecular weight excluding hydrogens is 330 g/mol. The van der Waals surface area contributed by atoms with Crippen LogP contribution in [0.4, 0.5) is 0 Å². The van der Waals surface area contributed by atoms with Gasteiger partial charge in [0.25, 0.3) is 0 Å². The quantitative estimate of drug-likeness (QED) is 0.649. The van der Waals surface area contributed by atoms with Gasteiger partial charge in [-0.1, -0.05) is 31.0 Å². The van der Waals surface area contributed by atoms with Crippen molar-refractivity contribution in [3.63, 3.8) is 0 Å². The zero-order chi connectivity index (χ0) is 16.4. The number of rotatable bonds is 5. The first-order valence-electron chi connectivity index (χ1n) is 7.51. The zero-order valence-electron chi connectivity index (χ0n) is 12.7. The minimum absolute atomic E-state index is 0.285. The van der Waals surface area contributed by atoms with Crippen molar-refractivity contribution < 1.29 is 9.90 Å². The molecule has 1 N–H and O–H groups in total. The molecule has 3 aromatic rings. The van der Waals surface area contributed by atoms with Crippen molar-refractivity contribution in [1.82, 2.24) is 4.98 Å². The van der Waals surface area contributed by atoms with E-state index < -0.39 is 5.97 Å². The second-order valence-electron chi connectivity index (χ2n) is 5.42. The lowest BCUT2D eigenvalue weighted by Crippen LogP contribution is -2.00. The van der Waals surface area contributed by atoms with Gasteiger partial charge in [0.15, 0.2) is 0 Å². The van der Waals surface area contributed by atoms with Crippen LogP contribution in [0.3, 0.4) is 0 Å². The van der Waals surface area contributed by atoms with Crippen LogP contribution in [0.25, 0.3) is 21.5 Å². The largest absolute Gasteiger partial charge is 0.478 e. The number of benzene rings is 1. The van der Waals surface area contributed by atoms with Crippen LogP contribution in [0.15, 0.2) is 36.4 Å². The molecule has 0 saturated carbocycles. The van der Waals surface area contributed by atoms with E-state index >= 15 is 0 Å². The normalized spacial score (nSPS) is 11.0. The van der Waals surface area contributed by atoms with Gasteiger partial charge >= 0.3 is 5.97 Å². The van der Waals surface area contributed by atoms with Gasteiger partial charge < -0.3 is 5.11 Å². The van der Waals surface area contributed by atoms with Crippen LogP contribution in [0.2, 0.25) is 4.34 Å². The molecule has 0 unspecified atom stereocenters. The minimum atomic E-state index is -0.936. The predicted octanol–water partition coefficient (Wildman–Crippen LogP) is 5.66. The molecule has 23 heavy (non-hydrogen) atoms. The molecule has 0 aliphatic carbocycles. The molecule has 1 aromatic carbocycles. The molecule has 3 nitrogen and oxygen atoms in total. The Kier molecular flexibility index (Phi) is 4.64. The van der Waals surface area contributed by atoms with Gasteiger partial charge in [-0.3, -0.25) is 0 Å². The number of fused-ring (bicyclic) bond motifs is 1. The van der Waals surface area contributed by atoms with Crippen LogP contribution < -0.4 is 0 Å². The summed E-state index contributed by atoms with van der Waals surface area (Å²) in [6.45, 7) is 2.14. The lowest BCUT2D eigenvalue weighted by atomic mass is 10.0. The van der Waals surface area contributed by atoms with E-state index in [0.717, 1.165) is 29.7 Å². The van der Waals surface area contributed by atoms with E-state index in [1.807, 2.05) is 24.3 Å². The number of hydrogen-bond donors (Lipinski definition) is 1. The lowest BCUT2D eigenvalue weighted by molar-refractivity contribution is 0.0699. The van der Waals surface area contributed by atoms with E-state index in [4.69, 9.17) is 11.6 Å². The highest BCUT2D eigenvalue weighted by Crippen LogP contribution is 2.32. The molecule has 3 rings (SSSR count). The molecule has 0 amide bonds. The molecule has 2 aromatic heterocycles. The van der Waals surface area contributed by atoms with E-state index in [1.54, 1.807) is 12.1 Å². The first-order chi connectivity index (χ1) is 11.1. The average molecular weight is 346 g/mol. The topological polar surface area (TPSA) is 50.2 Å². The molecule has 2 heterocycles. The molecule has 0 radical (unpaired) electrons. The molecule has 0 bridgehead atoms. The second-order valence-corrected chi connectivity index (χ2v) is 7.13. The number of aromatic carboxylic acids is 1. The summed E-state index contributed by atoms with van der Waals surface area (Å²) in [4.78, 5) is 17.2. The summed E-state index contributed by atoms with van der Waals surface area (Å²) < 4.78 is 0.661. The molecule has 0 saturated heterocycles. The van der Waals surface area contributed by atoms with E-state index in [2.05, 4.69) is 11.9 Å². The predicted molar refractivity (Wildman–Crippen MR) is 95.6 cm³/mol. The standard InChI is InChI=1S/C18H16ClNO2S/c1-2-3-4-11-5-6-14-12(9-11)13(18(21)22)10-15(20-14)16-7-8-17(19)23-16/h5-10H,2-4H2,1H3,(H,21,22). The molecule has 0 fully saturated rings. The number of unbranched alkanes of at least 4 members (excludes halogenated alkanes) is 1. The van der Waals surface area contributed by atoms with Crippen LogP contribution in [0.5, 0.6) is 0 Å². The maximum absolute atomic E-state index is 11.7. The van der Waals surface area contributed by atoms with E-state index in [0.29, 0.717) is 20.9 Å². The Hall–Kier alpha value is -1.91. The highest BCUT2D eigenvalue weighted by atomic mass is 35.5. The Morgan fingerprint density at radius 1 is 1.26 bits per heavy atom. The third-order valence-electron chi connectivity index (χ3n) is 3.75. The molecule has 118 valence electrons. The number of carboxylic acid groups (broad SMARTS) is 1. The van der Waals surface area contributed by atoms with Crippen molar-refractivity contribution in [2.75, 3.05) is 0 Å². The molecule has 0 atom stereocenters. The second kappa shape index (κ2) is 6.69. The Morgan fingerprint density at radius 3 is 2.74 bits per heavy atom. The summed E-state index contributed by atoms with van der Waals surface area (Å²) in [7, 11) is 0. The maximum Gasteiger partial charge on any atom is 0.336 e. The Balaban J connectivity index is 2.15. The van der Waals surface area contributed by atoms with Gasteiger partial charge in [0, 0.05) is 5.39 Å². The lowest BCUT2D eigenvalue weighted by Gasteiger charge is -2.08. The highest BCUT2D eigenvalue weighted by Gasteiger charge is 2.14. The van der Waals surface area contributed by atoms with E-state index in [1.165, 1.54) is 11.3 Å². The Morgan fingerprint density at radius 2 is 2.09 bits per heavy atom. The number of hydrogen-bond acceptors (Lipinski definition) is 3. The minimum Gasteiger partial charge on any atom is -0.478 e. The molecule has 0 aliphatic rings. The first kappa shape index (κ1) is 16.0. The molecule has 0 spiro atoms. The van der Waals surface area contributed by atoms with Crippen molar-refractivity contribution >= 4 is 39.8 Å². The zero-order valence-corrected chi connectivity index (χ0v) is 14.2. The van der Waals surface area contributed by atoms with Gasteiger partial charge in [-0.15, -0.1) is 11.3 Å². The third-order valence-corrected chi connectivity index (χ3v) is 5.00. The van der Waals surface area contributed by atoms with Gasteiger partial charge in [0.05, 0.1) is 26.0 Å². The Bertz CT molecular complexity index is 873. The molecule has 0 aliphatic heterocycles. The fourth-order valence-electron chi connectivity index (χ4n) is 2.56. The van der Waals surface area contributed by atoms with Crippen molar-refractivity contribution in [2.45, 2.75) is 26.2 Å². The highest BCUT2D eigenvalue weighted by molar-refractivity contribution is 7.19. The Labute approximate surface area is 143 Å². The average Bonchev–Trinajstić information content (AvgIpc) is 2.98. The summed E-state index contributed by atoms with van der Waals surface area (Å²) in [6.07, 6.45) is 3.15. The van der Waals surface area contributed by atoms with Gasteiger partial charge in [-0.25, -0.2) is 9.78 Å². The fourth-order valence-corrected chi connectivity index (χ4v) is 3.57. The fraction of sp³-hybridized carbons (Fsp3) is 0.222. The van der Waals surface area contributed by atoms with E-state index in [9.17, 15) is 9.90 Å². The number of aromatic nitrogens is 1. The summed E-state index contributed by atoms with van der Waals surface area (Å²) in [5.74, 6) is -0.936. The van der Waals surface area contributed by atoms with Crippen LogP contribution in [-0.4, -0.2) is 16.1 Å². The summed E-state index contributed by atoms with van der Waals surface area (Å²) in [5, 5.41) is 10.3. The summed E-state index contributed by atoms with van der Waals surface area (Å²) in [6, 6.07) is 11.2. The first-order valence-corrected chi connectivity index (χ1v) is 8.70.